The Balaban J connectivity index is 4.14. The SMILES string of the molecule is CCCCCCC(C)(CCCC)CC(C)CCC. The van der Waals surface area contributed by atoms with Crippen molar-refractivity contribution in [3.8, 4) is 0 Å². The first-order chi connectivity index (χ1) is 8.58. The molecular weight excluding hydrogens is 216 g/mol. The number of hydrogen-bond acceptors (Lipinski definition) is 0. The van der Waals surface area contributed by atoms with Crippen LogP contribution in [0, 0.1) is 11.3 Å². The summed E-state index contributed by atoms with van der Waals surface area (Å²) >= 11 is 0. The van der Waals surface area contributed by atoms with Gasteiger partial charge >= 0.3 is 0 Å². The van der Waals surface area contributed by atoms with E-state index in [4.69, 9.17) is 0 Å². The summed E-state index contributed by atoms with van der Waals surface area (Å²) < 4.78 is 0. The van der Waals surface area contributed by atoms with E-state index >= 15 is 0 Å². The summed E-state index contributed by atoms with van der Waals surface area (Å²) in [6.45, 7) is 12.0. The highest BCUT2D eigenvalue weighted by atomic mass is 14.3. The lowest BCUT2D eigenvalue weighted by Crippen LogP contribution is -2.20. The molecule has 0 N–H and O–H groups in total. The lowest BCUT2D eigenvalue weighted by molar-refractivity contribution is 0.193. The molecule has 0 aliphatic carbocycles. The van der Waals surface area contributed by atoms with Gasteiger partial charge in [0, 0.05) is 0 Å². The van der Waals surface area contributed by atoms with Crippen molar-refractivity contribution in [2.75, 3.05) is 0 Å². The van der Waals surface area contributed by atoms with Crippen molar-refractivity contribution in [1.29, 1.82) is 0 Å². The lowest BCUT2D eigenvalue weighted by Gasteiger charge is -2.33. The van der Waals surface area contributed by atoms with Crippen LogP contribution in [0.3, 0.4) is 0 Å². The molecule has 0 fully saturated rings. The second-order valence-electron chi connectivity index (χ2n) is 6.82. The van der Waals surface area contributed by atoms with Gasteiger partial charge in [-0.3, -0.25) is 0 Å². The van der Waals surface area contributed by atoms with Crippen molar-refractivity contribution in [2.24, 2.45) is 11.3 Å². The summed E-state index contributed by atoms with van der Waals surface area (Å²) in [7, 11) is 0. The number of rotatable bonds is 12. The highest BCUT2D eigenvalue weighted by Crippen LogP contribution is 2.38. The molecule has 0 heterocycles. The molecule has 0 rings (SSSR count). The van der Waals surface area contributed by atoms with Crippen molar-refractivity contribution in [1.82, 2.24) is 0 Å². The number of hydrogen-bond donors (Lipinski definition) is 0. The van der Waals surface area contributed by atoms with Crippen LogP contribution in [0.5, 0.6) is 0 Å². The fraction of sp³-hybridized carbons (Fsp3) is 1.00. The highest BCUT2D eigenvalue weighted by molar-refractivity contribution is 4.77. The van der Waals surface area contributed by atoms with Gasteiger partial charge in [0.15, 0.2) is 0 Å². The average Bonchev–Trinajstić information content (AvgIpc) is 2.33. The monoisotopic (exact) mass is 254 g/mol. The van der Waals surface area contributed by atoms with Crippen LogP contribution in [0.4, 0.5) is 0 Å². The average molecular weight is 255 g/mol. The quantitative estimate of drug-likeness (QED) is 0.329. The zero-order valence-electron chi connectivity index (χ0n) is 13.9. The van der Waals surface area contributed by atoms with E-state index in [2.05, 4.69) is 34.6 Å². The van der Waals surface area contributed by atoms with Crippen LogP contribution >= 0.6 is 0 Å². The van der Waals surface area contributed by atoms with Crippen molar-refractivity contribution in [3.05, 3.63) is 0 Å². The minimum atomic E-state index is 0.623. The minimum Gasteiger partial charge on any atom is -0.0654 e. The van der Waals surface area contributed by atoms with Gasteiger partial charge in [-0.05, 0) is 30.6 Å². The van der Waals surface area contributed by atoms with E-state index < -0.39 is 0 Å². The Kier molecular flexibility index (Phi) is 10.9. The summed E-state index contributed by atoms with van der Waals surface area (Å²) in [5, 5.41) is 0. The fourth-order valence-electron chi connectivity index (χ4n) is 3.35. The predicted octanol–water partition coefficient (Wildman–Crippen LogP) is 6.98. The van der Waals surface area contributed by atoms with Crippen LogP contribution < -0.4 is 0 Å². The van der Waals surface area contributed by atoms with E-state index in [-0.39, 0.29) is 0 Å². The van der Waals surface area contributed by atoms with Crippen LogP contribution in [0.25, 0.3) is 0 Å². The molecule has 0 bridgehead atoms. The van der Waals surface area contributed by atoms with Crippen LogP contribution in [0.2, 0.25) is 0 Å². The maximum Gasteiger partial charge on any atom is -0.0323 e. The Morgan fingerprint density at radius 3 is 1.94 bits per heavy atom. The standard InChI is InChI=1S/C18H38/c1-6-9-11-12-15-18(5,14-10-7-2)16-17(4)13-8-3/h17H,6-16H2,1-5H3. The van der Waals surface area contributed by atoms with Crippen LogP contribution in [-0.2, 0) is 0 Å². The van der Waals surface area contributed by atoms with Crippen LogP contribution in [0.15, 0.2) is 0 Å². The predicted molar refractivity (Wildman–Crippen MR) is 85.1 cm³/mol. The van der Waals surface area contributed by atoms with Crippen LogP contribution in [-0.4, -0.2) is 0 Å². The third-order valence-electron chi connectivity index (χ3n) is 4.39. The summed E-state index contributed by atoms with van der Waals surface area (Å²) in [5.41, 5.74) is 0.623. The minimum absolute atomic E-state index is 0.623. The molecule has 0 aliphatic rings. The van der Waals surface area contributed by atoms with Crippen LogP contribution in [0.1, 0.15) is 105 Å². The Hall–Kier alpha value is 0. The molecule has 0 aromatic heterocycles. The molecule has 0 nitrogen and oxygen atoms in total. The van der Waals surface area contributed by atoms with Gasteiger partial charge in [0.1, 0.15) is 0 Å². The highest BCUT2D eigenvalue weighted by Gasteiger charge is 2.25. The zero-order valence-corrected chi connectivity index (χ0v) is 13.9. The van der Waals surface area contributed by atoms with E-state index in [1.54, 1.807) is 0 Å². The summed E-state index contributed by atoms with van der Waals surface area (Å²) in [6.07, 6.45) is 15.6. The molecule has 0 spiro atoms. The molecule has 110 valence electrons. The van der Waals surface area contributed by atoms with Crippen molar-refractivity contribution in [2.45, 2.75) is 105 Å². The third-order valence-corrected chi connectivity index (χ3v) is 4.39. The van der Waals surface area contributed by atoms with Gasteiger partial charge in [0.2, 0.25) is 0 Å². The Morgan fingerprint density at radius 2 is 1.39 bits per heavy atom. The Labute approximate surface area is 117 Å². The number of unbranched alkanes of at least 4 members (excludes halogenated alkanes) is 4. The van der Waals surface area contributed by atoms with Gasteiger partial charge in [0.25, 0.3) is 0 Å². The lowest BCUT2D eigenvalue weighted by atomic mass is 9.73. The Morgan fingerprint density at radius 1 is 0.778 bits per heavy atom. The maximum atomic E-state index is 2.56. The van der Waals surface area contributed by atoms with Crippen molar-refractivity contribution >= 4 is 0 Å². The molecule has 0 heteroatoms. The van der Waals surface area contributed by atoms with Crippen molar-refractivity contribution in [3.63, 3.8) is 0 Å². The van der Waals surface area contributed by atoms with Gasteiger partial charge in [-0.2, -0.15) is 0 Å². The van der Waals surface area contributed by atoms with Gasteiger partial charge in [-0.1, -0.05) is 86.0 Å². The first-order valence-electron chi connectivity index (χ1n) is 8.58. The molecule has 2 unspecified atom stereocenters. The molecule has 0 aromatic rings. The van der Waals surface area contributed by atoms with E-state index in [1.165, 1.54) is 70.6 Å². The fourth-order valence-corrected chi connectivity index (χ4v) is 3.35. The van der Waals surface area contributed by atoms with E-state index in [1.807, 2.05) is 0 Å². The van der Waals surface area contributed by atoms with Crippen molar-refractivity contribution < 1.29 is 0 Å². The maximum absolute atomic E-state index is 2.56. The summed E-state index contributed by atoms with van der Waals surface area (Å²) in [6, 6.07) is 0. The molecule has 0 radical (unpaired) electrons. The van der Waals surface area contributed by atoms with Gasteiger partial charge in [-0.25, -0.2) is 0 Å². The van der Waals surface area contributed by atoms with E-state index in [9.17, 15) is 0 Å². The molecule has 0 aliphatic heterocycles. The molecule has 0 aromatic carbocycles. The summed E-state index contributed by atoms with van der Waals surface area (Å²) in [5.74, 6) is 0.919. The zero-order chi connectivity index (χ0) is 13.9. The molecule has 2 atom stereocenters. The normalized spacial score (nSPS) is 16.5. The van der Waals surface area contributed by atoms with Gasteiger partial charge in [0.05, 0.1) is 0 Å². The first-order valence-corrected chi connectivity index (χ1v) is 8.58. The molecule has 0 saturated carbocycles. The second-order valence-corrected chi connectivity index (χ2v) is 6.82. The van der Waals surface area contributed by atoms with E-state index in [0.29, 0.717) is 5.41 Å². The topological polar surface area (TPSA) is 0 Å². The largest absolute Gasteiger partial charge is 0.0654 e. The molecule has 0 amide bonds. The Bertz CT molecular complexity index is 173. The van der Waals surface area contributed by atoms with Gasteiger partial charge in [-0.15, -0.1) is 0 Å². The van der Waals surface area contributed by atoms with Gasteiger partial charge < -0.3 is 0 Å². The molecule has 18 heavy (non-hydrogen) atoms. The first kappa shape index (κ1) is 18.0. The summed E-state index contributed by atoms with van der Waals surface area (Å²) in [4.78, 5) is 0. The van der Waals surface area contributed by atoms with E-state index in [0.717, 1.165) is 5.92 Å². The second kappa shape index (κ2) is 10.9. The smallest absolute Gasteiger partial charge is 0.0323 e. The molecular formula is C18H38. The molecule has 0 saturated heterocycles. The third kappa shape index (κ3) is 9.00.